The fourth-order valence-corrected chi connectivity index (χ4v) is 4.63. The molecule has 5 rings (SSSR count). The van der Waals surface area contributed by atoms with Crippen LogP contribution < -0.4 is 0 Å². The lowest BCUT2D eigenvalue weighted by atomic mass is 10.1. The Kier molecular flexibility index (Phi) is 3.43. The first kappa shape index (κ1) is 15.1. The topological polar surface area (TPSA) is 50.6 Å². The number of likely N-dealkylation sites (tertiary alicyclic amines) is 1. The Morgan fingerprint density at radius 2 is 1.96 bits per heavy atom. The van der Waals surface area contributed by atoms with Gasteiger partial charge in [0.2, 0.25) is 5.91 Å². The van der Waals surface area contributed by atoms with Crippen LogP contribution in [0, 0.1) is 0 Å². The Bertz CT molecular complexity index is 773. The van der Waals surface area contributed by atoms with Crippen LogP contribution in [-0.2, 0) is 22.6 Å². The van der Waals surface area contributed by atoms with E-state index in [1.165, 1.54) is 11.1 Å². The highest BCUT2D eigenvalue weighted by atomic mass is 16.5. The number of hydrogen-bond acceptors (Lipinski definition) is 4. The first-order chi connectivity index (χ1) is 12.2. The van der Waals surface area contributed by atoms with Crippen LogP contribution in [0.15, 0.2) is 42.7 Å². The molecule has 0 saturated carbocycles. The molecule has 4 heterocycles. The van der Waals surface area contributed by atoms with Crippen LogP contribution in [0.4, 0.5) is 0 Å². The molecule has 3 aliphatic rings. The van der Waals surface area contributed by atoms with E-state index in [2.05, 4.69) is 34.3 Å². The minimum absolute atomic E-state index is 0.200. The van der Waals surface area contributed by atoms with Crippen LogP contribution >= 0.6 is 0 Å². The van der Waals surface area contributed by atoms with Crippen molar-refractivity contribution in [1.82, 2.24) is 19.6 Å². The molecule has 0 bridgehead atoms. The van der Waals surface area contributed by atoms with E-state index < -0.39 is 0 Å². The van der Waals surface area contributed by atoms with Crippen LogP contribution in [0.25, 0.3) is 0 Å². The van der Waals surface area contributed by atoms with Gasteiger partial charge in [0.15, 0.2) is 5.72 Å². The molecule has 6 heteroatoms. The molecule has 130 valence electrons. The summed E-state index contributed by atoms with van der Waals surface area (Å²) in [4.78, 5) is 16.7. The Hall–Kier alpha value is -2.18. The maximum Gasteiger partial charge on any atom is 0.226 e. The van der Waals surface area contributed by atoms with Gasteiger partial charge in [-0.3, -0.25) is 14.4 Å². The minimum atomic E-state index is -0.336. The standard InChI is InChI=1S/C19H22N4O2/c24-18-12-17-19(23(18)10-11-25-19)6-9-21(17)13-15-2-4-16(5-3-15)14-22-8-1-7-20-22/h1-5,7-8,17H,6,9-14H2/t17-,19+/m1/s1. The SMILES string of the molecule is O=C1C[C@H]2N(Cc3ccc(Cn4cccn4)cc3)CC[C@]23OCCN13. The molecule has 2 atom stereocenters. The number of nitrogens with zero attached hydrogens (tertiary/aromatic N) is 4. The normalized spacial score (nSPS) is 28.6. The third kappa shape index (κ3) is 2.40. The number of rotatable bonds is 4. The summed E-state index contributed by atoms with van der Waals surface area (Å²) in [5.74, 6) is 0.252. The van der Waals surface area contributed by atoms with Gasteiger partial charge in [0.1, 0.15) is 0 Å². The molecule has 6 nitrogen and oxygen atoms in total. The fourth-order valence-electron chi connectivity index (χ4n) is 4.63. The van der Waals surface area contributed by atoms with Gasteiger partial charge in [-0.25, -0.2) is 0 Å². The highest BCUT2D eigenvalue weighted by Gasteiger charge is 2.61. The molecule has 1 amide bonds. The van der Waals surface area contributed by atoms with Gasteiger partial charge < -0.3 is 9.64 Å². The monoisotopic (exact) mass is 338 g/mol. The third-order valence-electron chi connectivity index (χ3n) is 5.82. The van der Waals surface area contributed by atoms with E-state index in [-0.39, 0.29) is 17.7 Å². The van der Waals surface area contributed by atoms with Crippen molar-refractivity contribution in [3.8, 4) is 0 Å². The molecule has 0 aliphatic carbocycles. The predicted molar refractivity (Wildman–Crippen MR) is 91.6 cm³/mol. The summed E-state index contributed by atoms with van der Waals surface area (Å²) >= 11 is 0. The van der Waals surface area contributed by atoms with E-state index in [1.807, 2.05) is 21.8 Å². The van der Waals surface area contributed by atoms with Crippen LogP contribution in [0.2, 0.25) is 0 Å². The summed E-state index contributed by atoms with van der Waals surface area (Å²) in [7, 11) is 0. The van der Waals surface area contributed by atoms with Crippen molar-refractivity contribution in [2.75, 3.05) is 19.7 Å². The van der Waals surface area contributed by atoms with Crippen molar-refractivity contribution in [3.05, 3.63) is 53.9 Å². The molecular formula is C19H22N4O2. The quantitative estimate of drug-likeness (QED) is 0.847. The number of amides is 1. The number of carbonyl (C=O) groups excluding carboxylic acids is 1. The first-order valence-electron chi connectivity index (χ1n) is 8.98. The Labute approximate surface area is 147 Å². The molecular weight excluding hydrogens is 316 g/mol. The van der Waals surface area contributed by atoms with Crippen LogP contribution in [0.5, 0.6) is 0 Å². The zero-order valence-corrected chi connectivity index (χ0v) is 14.2. The van der Waals surface area contributed by atoms with Gasteiger partial charge in [0, 0.05) is 44.9 Å². The van der Waals surface area contributed by atoms with Gasteiger partial charge in [-0.05, 0) is 17.2 Å². The molecule has 3 saturated heterocycles. The highest BCUT2D eigenvalue weighted by Crippen LogP contribution is 2.45. The van der Waals surface area contributed by atoms with Crippen molar-refractivity contribution < 1.29 is 9.53 Å². The summed E-state index contributed by atoms with van der Waals surface area (Å²) in [5.41, 5.74) is 2.19. The maximum absolute atomic E-state index is 12.3. The average molecular weight is 338 g/mol. The van der Waals surface area contributed by atoms with Crippen molar-refractivity contribution in [1.29, 1.82) is 0 Å². The second-order valence-corrected chi connectivity index (χ2v) is 7.20. The fraction of sp³-hybridized carbons (Fsp3) is 0.474. The molecule has 1 spiro atoms. The molecule has 0 radical (unpaired) electrons. The lowest BCUT2D eigenvalue weighted by Crippen LogP contribution is -2.47. The lowest BCUT2D eigenvalue weighted by molar-refractivity contribution is -0.136. The average Bonchev–Trinajstić information content (AvgIpc) is 3.36. The van der Waals surface area contributed by atoms with Gasteiger partial charge in [-0.15, -0.1) is 0 Å². The molecule has 3 aliphatic heterocycles. The van der Waals surface area contributed by atoms with Crippen molar-refractivity contribution in [2.24, 2.45) is 0 Å². The molecule has 1 aromatic carbocycles. The van der Waals surface area contributed by atoms with E-state index in [0.29, 0.717) is 13.0 Å². The Morgan fingerprint density at radius 1 is 1.16 bits per heavy atom. The second kappa shape index (κ2) is 5.68. The van der Waals surface area contributed by atoms with E-state index in [0.717, 1.165) is 32.6 Å². The van der Waals surface area contributed by atoms with Gasteiger partial charge >= 0.3 is 0 Å². The van der Waals surface area contributed by atoms with Gasteiger partial charge in [-0.1, -0.05) is 24.3 Å². The van der Waals surface area contributed by atoms with Crippen LogP contribution in [0.3, 0.4) is 0 Å². The molecule has 0 unspecified atom stereocenters. The zero-order chi connectivity index (χ0) is 16.9. The minimum Gasteiger partial charge on any atom is -0.352 e. The largest absolute Gasteiger partial charge is 0.352 e. The van der Waals surface area contributed by atoms with E-state index in [4.69, 9.17) is 4.74 Å². The smallest absolute Gasteiger partial charge is 0.226 e. The van der Waals surface area contributed by atoms with Crippen molar-refractivity contribution >= 4 is 5.91 Å². The number of carbonyl (C=O) groups is 1. The summed E-state index contributed by atoms with van der Waals surface area (Å²) in [6.07, 6.45) is 5.30. The number of benzene rings is 1. The summed E-state index contributed by atoms with van der Waals surface area (Å²) in [6, 6.07) is 10.9. The molecule has 25 heavy (non-hydrogen) atoms. The molecule has 0 N–H and O–H groups in total. The van der Waals surface area contributed by atoms with Gasteiger partial charge in [-0.2, -0.15) is 5.10 Å². The zero-order valence-electron chi connectivity index (χ0n) is 14.2. The molecule has 2 aromatic rings. The van der Waals surface area contributed by atoms with Gasteiger partial charge in [0.05, 0.1) is 19.2 Å². The summed E-state index contributed by atoms with van der Waals surface area (Å²) < 4.78 is 7.98. The Balaban J connectivity index is 1.29. The van der Waals surface area contributed by atoms with E-state index in [1.54, 1.807) is 6.20 Å². The summed E-state index contributed by atoms with van der Waals surface area (Å²) in [5, 5.41) is 4.25. The maximum atomic E-state index is 12.3. The number of ether oxygens (including phenoxy) is 1. The van der Waals surface area contributed by atoms with E-state index in [9.17, 15) is 4.79 Å². The Morgan fingerprint density at radius 3 is 2.72 bits per heavy atom. The van der Waals surface area contributed by atoms with Crippen LogP contribution in [-0.4, -0.2) is 57.0 Å². The van der Waals surface area contributed by atoms with Crippen LogP contribution in [0.1, 0.15) is 24.0 Å². The predicted octanol–water partition coefficient (Wildman–Crippen LogP) is 1.46. The number of aromatic nitrogens is 2. The first-order valence-corrected chi connectivity index (χ1v) is 8.98. The van der Waals surface area contributed by atoms with Gasteiger partial charge in [0.25, 0.3) is 0 Å². The highest BCUT2D eigenvalue weighted by molar-refractivity contribution is 5.81. The molecule has 1 aromatic heterocycles. The number of hydrogen-bond donors (Lipinski definition) is 0. The van der Waals surface area contributed by atoms with Crippen molar-refractivity contribution in [3.63, 3.8) is 0 Å². The van der Waals surface area contributed by atoms with E-state index >= 15 is 0 Å². The third-order valence-corrected chi connectivity index (χ3v) is 5.82. The molecule has 3 fully saturated rings. The summed E-state index contributed by atoms with van der Waals surface area (Å²) in [6.45, 7) is 4.09. The lowest BCUT2D eigenvalue weighted by Gasteiger charge is -2.31. The van der Waals surface area contributed by atoms with Crippen molar-refractivity contribution in [2.45, 2.75) is 37.7 Å². The second-order valence-electron chi connectivity index (χ2n) is 7.20.